The lowest BCUT2D eigenvalue weighted by Crippen LogP contribution is -1.96. The topological polar surface area (TPSA) is 56.5 Å². The Hall–Kier alpha value is -1.44. The van der Waals surface area contributed by atoms with E-state index in [-0.39, 0.29) is 0 Å². The maximum atomic E-state index is 6.05. The molecule has 2 heterocycles. The minimum absolute atomic E-state index is 0.548. The van der Waals surface area contributed by atoms with Gasteiger partial charge in [0.1, 0.15) is 5.82 Å². The maximum Gasteiger partial charge on any atom is 0.198 e. The summed E-state index contributed by atoms with van der Waals surface area (Å²) in [5.41, 5.74) is 0.942. The van der Waals surface area contributed by atoms with Gasteiger partial charge in [0.15, 0.2) is 15.3 Å². The normalized spacial score (nSPS) is 11.3. The highest BCUT2D eigenvalue weighted by molar-refractivity contribution is 8.00. The first-order valence-electron chi connectivity index (χ1n) is 7.18. The Morgan fingerprint density at radius 1 is 1.30 bits per heavy atom. The number of halogens is 1. The Balaban J connectivity index is 1.81. The summed E-state index contributed by atoms with van der Waals surface area (Å²) in [5.74, 6) is 2.22. The molecule has 0 radical (unpaired) electrons. The van der Waals surface area contributed by atoms with Gasteiger partial charge in [-0.15, -0.1) is 10.2 Å². The lowest BCUT2D eigenvalue weighted by molar-refractivity contribution is 0.625. The molecule has 0 fully saturated rings. The molecule has 23 heavy (non-hydrogen) atoms. The van der Waals surface area contributed by atoms with Crippen LogP contribution in [-0.2, 0) is 13.5 Å². The second-order valence-electron chi connectivity index (χ2n) is 5.55. The van der Waals surface area contributed by atoms with Gasteiger partial charge in [-0.1, -0.05) is 37.6 Å². The molecule has 0 aliphatic carbocycles. The third-order valence-electron chi connectivity index (χ3n) is 3.14. The summed E-state index contributed by atoms with van der Waals surface area (Å²) >= 11 is 8.93. The van der Waals surface area contributed by atoms with Gasteiger partial charge in [-0.05, 0) is 41.3 Å². The van der Waals surface area contributed by atoms with Gasteiger partial charge in [0.2, 0.25) is 0 Å². The summed E-state index contributed by atoms with van der Waals surface area (Å²) in [7, 11) is 1.94. The molecule has 1 aromatic carbocycles. The Morgan fingerprint density at radius 2 is 2.13 bits per heavy atom. The van der Waals surface area contributed by atoms with Crippen LogP contribution in [0.3, 0.4) is 0 Å². The number of nitrogens with zero attached hydrogens (tertiary/aromatic N) is 5. The van der Waals surface area contributed by atoms with Crippen LogP contribution in [0.25, 0.3) is 11.4 Å². The van der Waals surface area contributed by atoms with Crippen molar-refractivity contribution in [3.05, 3.63) is 35.1 Å². The van der Waals surface area contributed by atoms with Crippen molar-refractivity contribution in [3.63, 3.8) is 0 Å². The quantitative estimate of drug-likeness (QED) is 0.673. The molecule has 3 aromatic rings. The Labute approximate surface area is 148 Å². The summed E-state index contributed by atoms with van der Waals surface area (Å²) in [6.45, 7) is 4.32. The Kier molecular flexibility index (Phi) is 4.99. The SMILES string of the molecule is CC(C)Cc1nsc(Sc2nnc(-c3cccc(Cl)c3)n2C)n1. The molecule has 0 N–H and O–H groups in total. The van der Waals surface area contributed by atoms with Crippen LogP contribution >= 0.6 is 34.9 Å². The van der Waals surface area contributed by atoms with Gasteiger partial charge >= 0.3 is 0 Å². The molecule has 0 aliphatic heterocycles. The number of rotatable bonds is 5. The van der Waals surface area contributed by atoms with E-state index in [0.717, 1.165) is 33.1 Å². The zero-order valence-electron chi connectivity index (χ0n) is 13.0. The molecule has 0 saturated heterocycles. The first kappa shape index (κ1) is 16.4. The standard InChI is InChI=1S/C15H16ClN5S2/c1-9(2)7-12-17-15(23-20-12)22-14-19-18-13(21(14)3)10-5-4-6-11(16)8-10/h4-6,8-9H,7H2,1-3H3. The third kappa shape index (κ3) is 3.91. The Bertz CT molecular complexity index is 812. The van der Waals surface area contributed by atoms with Crippen LogP contribution in [0.2, 0.25) is 5.02 Å². The zero-order valence-corrected chi connectivity index (χ0v) is 15.4. The molecular formula is C15H16ClN5S2. The molecule has 120 valence electrons. The largest absolute Gasteiger partial charge is 0.305 e. The average molecular weight is 366 g/mol. The average Bonchev–Trinajstić information content (AvgIpc) is 3.07. The van der Waals surface area contributed by atoms with Crippen LogP contribution in [0.1, 0.15) is 19.7 Å². The van der Waals surface area contributed by atoms with E-state index in [9.17, 15) is 0 Å². The van der Waals surface area contributed by atoms with E-state index in [0.29, 0.717) is 10.9 Å². The van der Waals surface area contributed by atoms with Crippen molar-refractivity contribution in [2.75, 3.05) is 0 Å². The summed E-state index contributed by atoms with van der Waals surface area (Å²) < 4.78 is 7.22. The van der Waals surface area contributed by atoms with Gasteiger partial charge in [-0.25, -0.2) is 4.98 Å². The van der Waals surface area contributed by atoms with Crippen molar-refractivity contribution in [2.24, 2.45) is 13.0 Å². The summed E-state index contributed by atoms with van der Waals surface area (Å²) in [4.78, 5) is 4.55. The lowest BCUT2D eigenvalue weighted by atomic mass is 10.1. The molecule has 0 atom stereocenters. The van der Waals surface area contributed by atoms with Crippen LogP contribution in [0.4, 0.5) is 0 Å². The molecule has 3 rings (SSSR count). The Morgan fingerprint density at radius 3 is 2.87 bits per heavy atom. The second-order valence-corrected chi connectivity index (χ2v) is 7.95. The van der Waals surface area contributed by atoms with Crippen LogP contribution in [-0.4, -0.2) is 24.1 Å². The minimum atomic E-state index is 0.548. The highest BCUT2D eigenvalue weighted by Crippen LogP contribution is 2.30. The number of hydrogen-bond acceptors (Lipinski definition) is 6. The lowest BCUT2D eigenvalue weighted by Gasteiger charge is -2.02. The monoisotopic (exact) mass is 365 g/mol. The molecule has 0 aliphatic rings. The molecule has 8 heteroatoms. The molecule has 0 spiro atoms. The summed E-state index contributed by atoms with van der Waals surface area (Å²) in [5, 5.41) is 9.99. The van der Waals surface area contributed by atoms with Gasteiger partial charge in [-0.3, -0.25) is 0 Å². The van der Waals surface area contributed by atoms with E-state index < -0.39 is 0 Å². The molecular weight excluding hydrogens is 350 g/mol. The number of hydrogen-bond donors (Lipinski definition) is 0. The van der Waals surface area contributed by atoms with Gasteiger partial charge < -0.3 is 4.57 Å². The van der Waals surface area contributed by atoms with E-state index in [1.165, 1.54) is 23.3 Å². The molecule has 5 nitrogen and oxygen atoms in total. The molecule has 0 amide bonds. The van der Waals surface area contributed by atoms with Crippen molar-refractivity contribution < 1.29 is 0 Å². The molecule has 0 bridgehead atoms. The van der Waals surface area contributed by atoms with Crippen LogP contribution < -0.4 is 0 Å². The zero-order chi connectivity index (χ0) is 16.4. The van der Waals surface area contributed by atoms with E-state index in [4.69, 9.17) is 11.6 Å². The van der Waals surface area contributed by atoms with Gasteiger partial charge in [0.05, 0.1) is 0 Å². The first-order valence-corrected chi connectivity index (χ1v) is 9.15. The highest BCUT2D eigenvalue weighted by atomic mass is 35.5. The van der Waals surface area contributed by atoms with Crippen molar-refractivity contribution in [1.82, 2.24) is 24.1 Å². The molecule has 0 unspecified atom stereocenters. The molecule has 0 saturated carbocycles. The summed E-state index contributed by atoms with van der Waals surface area (Å²) in [6, 6.07) is 7.60. The van der Waals surface area contributed by atoms with Crippen molar-refractivity contribution in [1.29, 1.82) is 0 Å². The van der Waals surface area contributed by atoms with Gasteiger partial charge in [-0.2, -0.15) is 4.37 Å². The van der Waals surface area contributed by atoms with Crippen molar-refractivity contribution in [3.8, 4) is 11.4 Å². The van der Waals surface area contributed by atoms with E-state index in [1.807, 2.05) is 35.9 Å². The minimum Gasteiger partial charge on any atom is -0.305 e. The van der Waals surface area contributed by atoms with E-state index >= 15 is 0 Å². The molecule has 2 aromatic heterocycles. The van der Waals surface area contributed by atoms with Crippen molar-refractivity contribution in [2.45, 2.75) is 29.8 Å². The number of aromatic nitrogens is 5. The fraction of sp³-hybridized carbons (Fsp3) is 0.333. The van der Waals surface area contributed by atoms with E-state index in [1.54, 1.807) is 0 Å². The van der Waals surface area contributed by atoms with Crippen LogP contribution in [0.5, 0.6) is 0 Å². The summed E-state index contributed by atoms with van der Waals surface area (Å²) in [6.07, 6.45) is 0.892. The van der Waals surface area contributed by atoms with Crippen molar-refractivity contribution >= 4 is 34.9 Å². The number of benzene rings is 1. The predicted molar refractivity (Wildman–Crippen MR) is 94.0 cm³/mol. The smallest absolute Gasteiger partial charge is 0.198 e. The highest BCUT2D eigenvalue weighted by Gasteiger charge is 2.15. The van der Waals surface area contributed by atoms with Gasteiger partial charge in [0.25, 0.3) is 0 Å². The first-order chi connectivity index (χ1) is 11.0. The fourth-order valence-electron chi connectivity index (χ4n) is 2.09. The van der Waals surface area contributed by atoms with Crippen LogP contribution in [0, 0.1) is 5.92 Å². The van der Waals surface area contributed by atoms with Crippen LogP contribution in [0.15, 0.2) is 33.8 Å². The fourth-order valence-corrected chi connectivity index (χ4v) is 3.82. The van der Waals surface area contributed by atoms with Gasteiger partial charge in [0, 0.05) is 24.1 Å². The van der Waals surface area contributed by atoms with E-state index in [2.05, 4.69) is 33.4 Å². The third-order valence-corrected chi connectivity index (χ3v) is 5.20. The maximum absolute atomic E-state index is 6.05. The predicted octanol–water partition coefficient (Wildman–Crippen LogP) is 4.34. The second kappa shape index (κ2) is 6.98.